The third-order valence-corrected chi connectivity index (χ3v) is 4.93. The summed E-state index contributed by atoms with van der Waals surface area (Å²) in [6.45, 7) is 13.1. The van der Waals surface area contributed by atoms with Crippen LogP contribution in [0.4, 0.5) is 5.69 Å². The quantitative estimate of drug-likeness (QED) is 0.485. The average molecular weight is 329 g/mol. The van der Waals surface area contributed by atoms with Crippen molar-refractivity contribution in [2.24, 2.45) is 11.7 Å². The molecule has 1 atom stereocenters. The van der Waals surface area contributed by atoms with Gasteiger partial charge in [0.2, 0.25) is 0 Å². The number of nitrogen functional groups attached to an aromatic ring is 1. The summed E-state index contributed by atoms with van der Waals surface area (Å²) in [4.78, 5) is 0. The Morgan fingerprint density at radius 1 is 1.04 bits per heavy atom. The Morgan fingerprint density at radius 3 is 2.00 bits per heavy atom. The van der Waals surface area contributed by atoms with Crippen LogP contribution in [0.25, 0.3) is 0 Å². The van der Waals surface area contributed by atoms with Crippen LogP contribution >= 0.6 is 0 Å². The smallest absolute Gasteiger partial charge is 0.0379 e. The van der Waals surface area contributed by atoms with Crippen LogP contribution < -0.4 is 11.5 Å². The van der Waals surface area contributed by atoms with E-state index < -0.39 is 0 Å². The second-order valence-corrected chi connectivity index (χ2v) is 6.81. The highest BCUT2D eigenvalue weighted by Crippen LogP contribution is 2.25. The van der Waals surface area contributed by atoms with E-state index in [1.807, 2.05) is 0 Å². The SMILES string of the molecule is CCC(=C/C(C)Cc1cc(CC)c(N)c(CC)c1)/C(N)=C(\C)CC. The molecule has 0 aromatic heterocycles. The van der Waals surface area contributed by atoms with Gasteiger partial charge in [-0.05, 0) is 67.2 Å². The zero-order chi connectivity index (χ0) is 18.3. The molecule has 0 aliphatic carbocycles. The molecule has 0 aliphatic heterocycles. The average Bonchev–Trinajstić information content (AvgIpc) is 2.59. The Bertz CT molecular complexity index is 583. The molecule has 0 bridgehead atoms. The van der Waals surface area contributed by atoms with Crippen LogP contribution in [-0.2, 0) is 19.3 Å². The molecule has 134 valence electrons. The summed E-state index contributed by atoms with van der Waals surface area (Å²) in [6, 6.07) is 4.56. The van der Waals surface area contributed by atoms with Gasteiger partial charge >= 0.3 is 0 Å². The van der Waals surface area contributed by atoms with Crippen molar-refractivity contribution in [2.45, 2.75) is 73.6 Å². The maximum absolute atomic E-state index is 6.33. The molecule has 1 aromatic rings. The molecule has 24 heavy (non-hydrogen) atoms. The summed E-state index contributed by atoms with van der Waals surface area (Å²) in [5.74, 6) is 0.459. The lowest BCUT2D eigenvalue weighted by Crippen LogP contribution is -2.07. The molecule has 0 amide bonds. The van der Waals surface area contributed by atoms with Crippen molar-refractivity contribution in [1.82, 2.24) is 0 Å². The van der Waals surface area contributed by atoms with Crippen molar-refractivity contribution in [2.75, 3.05) is 5.73 Å². The van der Waals surface area contributed by atoms with E-state index in [4.69, 9.17) is 11.5 Å². The van der Waals surface area contributed by atoms with Gasteiger partial charge in [-0.25, -0.2) is 0 Å². The first-order valence-electron chi connectivity index (χ1n) is 9.44. The fraction of sp³-hybridized carbons (Fsp3) is 0.545. The Kier molecular flexibility index (Phi) is 8.10. The zero-order valence-electron chi connectivity index (χ0n) is 16.5. The number of nitrogens with two attached hydrogens (primary N) is 2. The first-order chi connectivity index (χ1) is 11.4. The molecule has 0 aliphatic rings. The Hall–Kier alpha value is -1.70. The molecule has 0 heterocycles. The lowest BCUT2D eigenvalue weighted by atomic mass is 9.92. The zero-order valence-corrected chi connectivity index (χ0v) is 16.5. The van der Waals surface area contributed by atoms with Crippen molar-refractivity contribution in [3.8, 4) is 0 Å². The molecule has 0 saturated heterocycles. The highest BCUT2D eigenvalue weighted by molar-refractivity contribution is 5.56. The van der Waals surface area contributed by atoms with Gasteiger partial charge in [-0.1, -0.05) is 58.4 Å². The highest BCUT2D eigenvalue weighted by atomic mass is 14.6. The van der Waals surface area contributed by atoms with Crippen LogP contribution in [0.15, 0.2) is 35.1 Å². The first kappa shape index (κ1) is 20.3. The fourth-order valence-electron chi connectivity index (χ4n) is 3.19. The molecule has 0 radical (unpaired) electrons. The monoisotopic (exact) mass is 328 g/mol. The second kappa shape index (κ2) is 9.56. The number of aryl methyl sites for hydroxylation is 2. The molecule has 2 nitrogen and oxygen atoms in total. The summed E-state index contributed by atoms with van der Waals surface area (Å²) in [7, 11) is 0. The molecule has 0 spiro atoms. The van der Waals surface area contributed by atoms with E-state index in [-0.39, 0.29) is 0 Å². The van der Waals surface area contributed by atoms with E-state index in [1.165, 1.54) is 27.8 Å². The largest absolute Gasteiger partial charge is 0.399 e. The minimum Gasteiger partial charge on any atom is -0.399 e. The Morgan fingerprint density at radius 2 is 1.58 bits per heavy atom. The van der Waals surface area contributed by atoms with Crippen molar-refractivity contribution in [3.05, 3.63) is 51.7 Å². The molecular weight excluding hydrogens is 292 g/mol. The number of benzene rings is 1. The fourth-order valence-corrected chi connectivity index (χ4v) is 3.19. The predicted octanol–water partition coefficient (Wildman–Crippen LogP) is 5.55. The molecular formula is C22H36N2. The van der Waals surface area contributed by atoms with Gasteiger partial charge in [0.15, 0.2) is 0 Å². The topological polar surface area (TPSA) is 52.0 Å². The molecule has 2 heteroatoms. The van der Waals surface area contributed by atoms with Crippen LogP contribution in [0.3, 0.4) is 0 Å². The van der Waals surface area contributed by atoms with Crippen LogP contribution in [0, 0.1) is 5.92 Å². The predicted molar refractivity (Wildman–Crippen MR) is 108 cm³/mol. The molecule has 1 aromatic carbocycles. The molecule has 1 unspecified atom stereocenters. The summed E-state index contributed by atoms with van der Waals surface area (Å²) in [5, 5.41) is 0. The first-order valence-corrected chi connectivity index (χ1v) is 9.44. The van der Waals surface area contributed by atoms with Gasteiger partial charge in [0, 0.05) is 11.4 Å². The van der Waals surface area contributed by atoms with Gasteiger partial charge in [0.05, 0.1) is 0 Å². The molecule has 0 fully saturated rings. The standard InChI is InChI=1S/C22H36N2/c1-7-16(6)21(23)18(8-2)12-15(5)11-17-13-19(9-3)22(24)20(10-4)14-17/h12-15H,7-11,23-24H2,1-6H3/b18-12-,21-16-. The van der Waals surface area contributed by atoms with Crippen LogP contribution in [0.5, 0.6) is 0 Å². The third-order valence-electron chi connectivity index (χ3n) is 4.93. The van der Waals surface area contributed by atoms with Gasteiger partial charge < -0.3 is 11.5 Å². The summed E-state index contributed by atoms with van der Waals surface area (Å²) < 4.78 is 0. The van der Waals surface area contributed by atoms with Gasteiger partial charge in [0.25, 0.3) is 0 Å². The maximum atomic E-state index is 6.33. The van der Waals surface area contributed by atoms with E-state index in [2.05, 4.69) is 59.8 Å². The van der Waals surface area contributed by atoms with E-state index in [0.29, 0.717) is 5.92 Å². The minimum absolute atomic E-state index is 0.459. The summed E-state index contributed by atoms with van der Waals surface area (Å²) in [5.41, 5.74) is 21.0. The molecule has 1 rings (SSSR count). The van der Waals surface area contributed by atoms with E-state index in [0.717, 1.165) is 43.5 Å². The molecule has 4 N–H and O–H groups in total. The Labute approximate surface area is 149 Å². The number of allylic oxidation sites excluding steroid dienone is 3. The lowest BCUT2D eigenvalue weighted by Gasteiger charge is -2.16. The van der Waals surface area contributed by atoms with Crippen molar-refractivity contribution in [1.29, 1.82) is 0 Å². The van der Waals surface area contributed by atoms with Gasteiger partial charge in [0.1, 0.15) is 0 Å². The number of anilines is 1. The minimum atomic E-state index is 0.459. The number of rotatable bonds is 8. The van der Waals surface area contributed by atoms with Crippen molar-refractivity contribution < 1.29 is 0 Å². The highest BCUT2D eigenvalue weighted by Gasteiger charge is 2.10. The van der Waals surface area contributed by atoms with Crippen LogP contribution in [-0.4, -0.2) is 0 Å². The van der Waals surface area contributed by atoms with Gasteiger partial charge in [-0.2, -0.15) is 0 Å². The Balaban J connectivity index is 3.06. The van der Waals surface area contributed by atoms with E-state index in [1.54, 1.807) is 0 Å². The normalized spacial score (nSPS) is 14.5. The van der Waals surface area contributed by atoms with Crippen molar-refractivity contribution in [3.63, 3.8) is 0 Å². The maximum Gasteiger partial charge on any atom is 0.0379 e. The van der Waals surface area contributed by atoms with E-state index >= 15 is 0 Å². The van der Waals surface area contributed by atoms with Gasteiger partial charge in [-0.15, -0.1) is 0 Å². The van der Waals surface area contributed by atoms with Crippen LogP contribution in [0.2, 0.25) is 0 Å². The third kappa shape index (κ3) is 5.15. The number of hydrogen-bond acceptors (Lipinski definition) is 2. The lowest BCUT2D eigenvalue weighted by molar-refractivity contribution is 0.712. The van der Waals surface area contributed by atoms with E-state index in [9.17, 15) is 0 Å². The summed E-state index contributed by atoms with van der Waals surface area (Å²) in [6.07, 6.45) is 7.35. The van der Waals surface area contributed by atoms with Crippen molar-refractivity contribution >= 4 is 5.69 Å². The second-order valence-electron chi connectivity index (χ2n) is 6.81. The summed E-state index contributed by atoms with van der Waals surface area (Å²) >= 11 is 0. The van der Waals surface area contributed by atoms with Gasteiger partial charge in [-0.3, -0.25) is 0 Å². The number of hydrogen-bond donors (Lipinski definition) is 2. The molecule has 0 saturated carbocycles. The van der Waals surface area contributed by atoms with Crippen LogP contribution in [0.1, 0.15) is 71.1 Å².